The summed E-state index contributed by atoms with van der Waals surface area (Å²) in [4.78, 5) is 15.9. The molecule has 2 aromatic carbocycles. The number of H-pyrrole nitrogens is 1. The van der Waals surface area contributed by atoms with Gasteiger partial charge in [-0.15, -0.1) is 0 Å². The van der Waals surface area contributed by atoms with Gasteiger partial charge in [0.05, 0.1) is 19.7 Å². The molecule has 6 heteroatoms. The van der Waals surface area contributed by atoms with Crippen LogP contribution in [0.5, 0.6) is 11.5 Å². The van der Waals surface area contributed by atoms with Crippen LogP contribution in [0.3, 0.4) is 0 Å². The summed E-state index contributed by atoms with van der Waals surface area (Å²) in [7, 11) is 3.28. The smallest absolute Gasteiger partial charge is 0.244 e. The van der Waals surface area contributed by atoms with E-state index in [-0.39, 0.29) is 5.91 Å². The molecule has 28 heavy (non-hydrogen) atoms. The SMILES string of the molecule is COc1cc(OC)c2cc(CCCNC(=O)C(C)(N)c3ccccc3)[nH]c2c1. The first-order valence-electron chi connectivity index (χ1n) is 9.32. The third-order valence-corrected chi connectivity index (χ3v) is 4.94. The van der Waals surface area contributed by atoms with Crippen LogP contribution in [0, 0.1) is 0 Å². The number of aromatic amines is 1. The lowest BCUT2D eigenvalue weighted by Gasteiger charge is -2.24. The van der Waals surface area contributed by atoms with Gasteiger partial charge in [0.2, 0.25) is 5.91 Å². The number of ether oxygens (including phenoxy) is 2. The number of amides is 1. The quantitative estimate of drug-likeness (QED) is 0.523. The Balaban J connectivity index is 1.59. The third-order valence-electron chi connectivity index (χ3n) is 4.94. The molecule has 148 valence electrons. The van der Waals surface area contributed by atoms with Crippen LogP contribution in [0.15, 0.2) is 48.5 Å². The summed E-state index contributed by atoms with van der Waals surface area (Å²) in [6.45, 7) is 2.28. The van der Waals surface area contributed by atoms with Crippen molar-refractivity contribution in [3.63, 3.8) is 0 Å². The fourth-order valence-electron chi connectivity index (χ4n) is 3.24. The molecule has 1 unspecified atom stereocenters. The number of rotatable bonds is 8. The van der Waals surface area contributed by atoms with E-state index in [1.54, 1.807) is 21.1 Å². The summed E-state index contributed by atoms with van der Waals surface area (Å²) in [6, 6.07) is 15.3. The van der Waals surface area contributed by atoms with E-state index in [1.165, 1.54) is 0 Å². The summed E-state index contributed by atoms with van der Waals surface area (Å²) >= 11 is 0. The first-order chi connectivity index (χ1) is 13.5. The monoisotopic (exact) mass is 381 g/mol. The maximum Gasteiger partial charge on any atom is 0.244 e. The van der Waals surface area contributed by atoms with E-state index in [4.69, 9.17) is 15.2 Å². The molecule has 0 saturated carbocycles. The number of carbonyl (C=O) groups is 1. The zero-order valence-corrected chi connectivity index (χ0v) is 16.5. The second-order valence-corrected chi connectivity index (χ2v) is 7.01. The van der Waals surface area contributed by atoms with Gasteiger partial charge in [-0.25, -0.2) is 0 Å². The molecule has 0 aliphatic rings. The van der Waals surface area contributed by atoms with Gasteiger partial charge in [-0.3, -0.25) is 4.79 Å². The molecule has 1 amide bonds. The Bertz CT molecular complexity index is 948. The van der Waals surface area contributed by atoms with Crippen molar-refractivity contribution in [2.24, 2.45) is 5.73 Å². The van der Waals surface area contributed by atoms with Crippen LogP contribution in [0.2, 0.25) is 0 Å². The van der Waals surface area contributed by atoms with E-state index in [0.29, 0.717) is 6.54 Å². The van der Waals surface area contributed by atoms with Crippen molar-refractivity contribution < 1.29 is 14.3 Å². The van der Waals surface area contributed by atoms with E-state index >= 15 is 0 Å². The third kappa shape index (κ3) is 4.12. The lowest BCUT2D eigenvalue weighted by atomic mass is 9.92. The molecule has 0 radical (unpaired) electrons. The summed E-state index contributed by atoms with van der Waals surface area (Å²) in [6.07, 6.45) is 1.59. The molecule has 0 saturated heterocycles. The highest BCUT2D eigenvalue weighted by molar-refractivity contribution is 5.88. The summed E-state index contributed by atoms with van der Waals surface area (Å²) in [5, 5.41) is 3.96. The second kappa shape index (κ2) is 8.35. The van der Waals surface area contributed by atoms with Crippen molar-refractivity contribution in [3.05, 3.63) is 59.8 Å². The Labute approximate surface area is 165 Å². The normalized spacial score (nSPS) is 13.1. The molecule has 3 rings (SSSR count). The first kappa shape index (κ1) is 19.8. The number of benzene rings is 2. The lowest BCUT2D eigenvalue weighted by Crippen LogP contribution is -2.49. The molecule has 0 spiro atoms. The number of hydrogen-bond donors (Lipinski definition) is 3. The van der Waals surface area contributed by atoms with Gasteiger partial charge in [0, 0.05) is 29.8 Å². The van der Waals surface area contributed by atoms with Crippen molar-refractivity contribution in [3.8, 4) is 11.5 Å². The number of carbonyl (C=O) groups excluding carboxylic acids is 1. The van der Waals surface area contributed by atoms with Crippen LogP contribution in [0.25, 0.3) is 10.9 Å². The zero-order chi connectivity index (χ0) is 20.1. The fourth-order valence-corrected chi connectivity index (χ4v) is 3.24. The molecule has 1 atom stereocenters. The van der Waals surface area contributed by atoms with Crippen LogP contribution in [0.1, 0.15) is 24.6 Å². The standard InChI is InChI=1S/C22H27N3O3/c1-22(23,15-8-5-4-6-9-15)21(26)24-11-7-10-16-12-18-19(25-16)13-17(27-2)14-20(18)28-3/h4-6,8-9,12-14,25H,7,10-11,23H2,1-3H3,(H,24,26). The van der Waals surface area contributed by atoms with Crippen molar-refractivity contribution in [1.29, 1.82) is 0 Å². The number of methoxy groups -OCH3 is 2. The van der Waals surface area contributed by atoms with E-state index in [9.17, 15) is 4.79 Å². The summed E-state index contributed by atoms with van der Waals surface area (Å²) in [5.41, 5.74) is 8.03. The number of nitrogens with two attached hydrogens (primary N) is 1. The molecular formula is C22H27N3O3. The molecule has 4 N–H and O–H groups in total. The van der Waals surface area contributed by atoms with E-state index in [0.717, 1.165) is 46.5 Å². The van der Waals surface area contributed by atoms with Gasteiger partial charge in [-0.05, 0) is 31.4 Å². The van der Waals surface area contributed by atoms with Crippen molar-refractivity contribution in [2.75, 3.05) is 20.8 Å². The number of nitrogens with one attached hydrogen (secondary N) is 2. The Morgan fingerprint density at radius 3 is 2.57 bits per heavy atom. The molecule has 3 aromatic rings. The average molecular weight is 381 g/mol. The minimum Gasteiger partial charge on any atom is -0.497 e. The molecule has 0 fully saturated rings. The Morgan fingerprint density at radius 2 is 1.89 bits per heavy atom. The van der Waals surface area contributed by atoms with Crippen LogP contribution in [-0.2, 0) is 16.8 Å². The Morgan fingerprint density at radius 1 is 1.14 bits per heavy atom. The number of aryl methyl sites for hydroxylation is 1. The number of hydrogen-bond acceptors (Lipinski definition) is 4. The molecular weight excluding hydrogens is 354 g/mol. The molecule has 0 aliphatic heterocycles. The molecule has 0 aliphatic carbocycles. The van der Waals surface area contributed by atoms with E-state index in [1.807, 2.05) is 42.5 Å². The highest BCUT2D eigenvalue weighted by atomic mass is 16.5. The van der Waals surface area contributed by atoms with Crippen LogP contribution < -0.4 is 20.5 Å². The van der Waals surface area contributed by atoms with Gasteiger partial charge in [-0.2, -0.15) is 0 Å². The van der Waals surface area contributed by atoms with Crippen LogP contribution in [-0.4, -0.2) is 31.7 Å². The summed E-state index contributed by atoms with van der Waals surface area (Å²) < 4.78 is 10.8. The molecule has 1 heterocycles. The van der Waals surface area contributed by atoms with Gasteiger partial charge >= 0.3 is 0 Å². The first-order valence-corrected chi connectivity index (χ1v) is 9.32. The number of fused-ring (bicyclic) bond motifs is 1. The largest absolute Gasteiger partial charge is 0.497 e. The minimum atomic E-state index is -1.05. The van der Waals surface area contributed by atoms with Gasteiger partial charge < -0.3 is 25.5 Å². The maximum atomic E-state index is 12.5. The van der Waals surface area contributed by atoms with Gasteiger partial charge in [0.15, 0.2) is 0 Å². The topological polar surface area (TPSA) is 89.4 Å². The predicted molar refractivity (Wildman–Crippen MR) is 111 cm³/mol. The zero-order valence-electron chi connectivity index (χ0n) is 16.5. The maximum absolute atomic E-state index is 12.5. The fraction of sp³-hybridized carbons (Fsp3) is 0.318. The van der Waals surface area contributed by atoms with E-state index in [2.05, 4.69) is 16.4 Å². The molecule has 6 nitrogen and oxygen atoms in total. The highest BCUT2D eigenvalue weighted by Gasteiger charge is 2.29. The Kier molecular flexibility index (Phi) is 5.90. The molecule has 0 bridgehead atoms. The van der Waals surface area contributed by atoms with Crippen molar-refractivity contribution in [1.82, 2.24) is 10.3 Å². The minimum absolute atomic E-state index is 0.179. The number of aromatic nitrogens is 1. The van der Waals surface area contributed by atoms with Gasteiger partial charge in [0.1, 0.15) is 17.0 Å². The summed E-state index contributed by atoms with van der Waals surface area (Å²) in [5.74, 6) is 1.34. The Hall–Kier alpha value is -2.99. The lowest BCUT2D eigenvalue weighted by molar-refractivity contribution is -0.126. The highest BCUT2D eigenvalue weighted by Crippen LogP contribution is 2.31. The van der Waals surface area contributed by atoms with Crippen molar-refractivity contribution in [2.45, 2.75) is 25.3 Å². The van der Waals surface area contributed by atoms with Crippen LogP contribution >= 0.6 is 0 Å². The van der Waals surface area contributed by atoms with Gasteiger partial charge in [-0.1, -0.05) is 30.3 Å². The average Bonchev–Trinajstić information content (AvgIpc) is 3.13. The van der Waals surface area contributed by atoms with Crippen LogP contribution in [0.4, 0.5) is 0 Å². The van der Waals surface area contributed by atoms with Gasteiger partial charge in [0.25, 0.3) is 0 Å². The second-order valence-electron chi connectivity index (χ2n) is 7.01. The van der Waals surface area contributed by atoms with E-state index < -0.39 is 5.54 Å². The molecule has 1 aromatic heterocycles. The van der Waals surface area contributed by atoms with Crippen molar-refractivity contribution >= 4 is 16.8 Å². The predicted octanol–water partition coefficient (Wildman–Crippen LogP) is 3.11.